The van der Waals surface area contributed by atoms with Crippen LogP contribution < -0.4 is 21.7 Å². The Morgan fingerprint density at radius 2 is 2.04 bits per heavy atom. The molecule has 0 radical (unpaired) electrons. The molecule has 0 spiro atoms. The van der Waals surface area contributed by atoms with E-state index in [-0.39, 0.29) is 18.5 Å². The van der Waals surface area contributed by atoms with Crippen LogP contribution in [0.2, 0.25) is 0 Å². The molecule has 1 aliphatic carbocycles. The maximum atomic E-state index is 11.9. The highest BCUT2D eigenvalue weighted by atomic mass is 32.1. The SMILES string of the molecule is CC(C)CNC(=S)N[C@@H]1C=C(C(=O)NCC(N)=O)C[C@@H](O)[C@@H]1O. The number of thiocarbonyl (C=S) groups is 1. The second-order valence-corrected chi connectivity index (χ2v) is 6.29. The smallest absolute Gasteiger partial charge is 0.247 e. The van der Waals surface area contributed by atoms with Gasteiger partial charge in [-0.2, -0.15) is 0 Å². The number of nitrogens with two attached hydrogens (primary N) is 1. The van der Waals surface area contributed by atoms with Crippen molar-refractivity contribution in [1.29, 1.82) is 0 Å². The Labute approximate surface area is 140 Å². The fourth-order valence-corrected chi connectivity index (χ4v) is 2.26. The van der Waals surface area contributed by atoms with Crippen LogP contribution in [-0.2, 0) is 9.59 Å². The summed E-state index contributed by atoms with van der Waals surface area (Å²) < 4.78 is 0. The maximum absolute atomic E-state index is 11.9. The van der Waals surface area contributed by atoms with E-state index in [0.29, 0.717) is 17.6 Å². The second-order valence-electron chi connectivity index (χ2n) is 5.88. The number of aliphatic hydroxyl groups excluding tert-OH is 2. The number of carbonyl (C=O) groups excluding carboxylic acids is 2. The van der Waals surface area contributed by atoms with Gasteiger partial charge in [-0.05, 0) is 18.1 Å². The molecular formula is C14H24N4O4S. The van der Waals surface area contributed by atoms with Crippen molar-refractivity contribution in [2.24, 2.45) is 11.7 Å². The van der Waals surface area contributed by atoms with Crippen LogP contribution in [-0.4, -0.2) is 58.5 Å². The Bertz CT molecular complexity index is 495. The third-order valence-corrected chi connectivity index (χ3v) is 3.52. The molecule has 0 saturated heterocycles. The van der Waals surface area contributed by atoms with Crippen molar-refractivity contribution in [3.05, 3.63) is 11.6 Å². The molecule has 0 aromatic heterocycles. The number of aliphatic hydroxyl groups is 2. The molecule has 130 valence electrons. The van der Waals surface area contributed by atoms with Crippen molar-refractivity contribution in [3.63, 3.8) is 0 Å². The Balaban J connectivity index is 2.71. The van der Waals surface area contributed by atoms with E-state index < -0.39 is 30.1 Å². The molecule has 0 aliphatic heterocycles. The average Bonchev–Trinajstić information content (AvgIpc) is 2.47. The van der Waals surface area contributed by atoms with Gasteiger partial charge < -0.3 is 31.9 Å². The Morgan fingerprint density at radius 1 is 1.39 bits per heavy atom. The highest BCUT2D eigenvalue weighted by molar-refractivity contribution is 7.80. The summed E-state index contributed by atoms with van der Waals surface area (Å²) in [6.45, 7) is 4.42. The van der Waals surface area contributed by atoms with Crippen molar-refractivity contribution >= 4 is 29.1 Å². The highest BCUT2D eigenvalue weighted by Gasteiger charge is 2.33. The van der Waals surface area contributed by atoms with Crippen LogP contribution >= 0.6 is 12.2 Å². The van der Waals surface area contributed by atoms with Gasteiger partial charge in [-0.3, -0.25) is 9.59 Å². The van der Waals surface area contributed by atoms with Gasteiger partial charge in [-0.25, -0.2) is 0 Å². The Kier molecular flexibility index (Phi) is 7.40. The van der Waals surface area contributed by atoms with Crippen molar-refractivity contribution < 1.29 is 19.8 Å². The predicted molar refractivity (Wildman–Crippen MR) is 89.3 cm³/mol. The van der Waals surface area contributed by atoms with Crippen LogP contribution in [0, 0.1) is 5.92 Å². The summed E-state index contributed by atoms with van der Waals surface area (Å²) in [6, 6.07) is -0.708. The van der Waals surface area contributed by atoms with Crippen molar-refractivity contribution in [1.82, 2.24) is 16.0 Å². The molecule has 0 unspecified atom stereocenters. The van der Waals surface area contributed by atoms with Gasteiger partial charge in [0.1, 0.15) is 6.10 Å². The lowest BCUT2D eigenvalue weighted by Crippen LogP contribution is -2.53. The van der Waals surface area contributed by atoms with E-state index in [1.807, 2.05) is 13.8 Å². The van der Waals surface area contributed by atoms with E-state index >= 15 is 0 Å². The summed E-state index contributed by atoms with van der Waals surface area (Å²) in [5.74, 6) is -0.783. The van der Waals surface area contributed by atoms with Gasteiger partial charge in [0.25, 0.3) is 0 Å². The van der Waals surface area contributed by atoms with E-state index in [2.05, 4.69) is 16.0 Å². The van der Waals surface area contributed by atoms with Crippen LogP contribution in [0.3, 0.4) is 0 Å². The van der Waals surface area contributed by atoms with Gasteiger partial charge in [-0.1, -0.05) is 19.9 Å². The van der Waals surface area contributed by atoms with E-state index in [1.165, 1.54) is 6.08 Å². The minimum absolute atomic E-state index is 0.0177. The summed E-state index contributed by atoms with van der Waals surface area (Å²) in [6.07, 6.45) is -0.728. The molecule has 0 saturated carbocycles. The number of primary amides is 1. The summed E-state index contributed by atoms with van der Waals surface area (Å²) in [5, 5.41) is 28.5. The highest BCUT2D eigenvalue weighted by Crippen LogP contribution is 2.19. The molecule has 1 aliphatic rings. The molecule has 0 heterocycles. The lowest BCUT2D eigenvalue weighted by molar-refractivity contribution is -0.123. The van der Waals surface area contributed by atoms with Crippen LogP contribution in [0.15, 0.2) is 11.6 Å². The minimum atomic E-state index is -1.11. The monoisotopic (exact) mass is 344 g/mol. The Morgan fingerprint density at radius 3 is 2.61 bits per heavy atom. The molecule has 0 aromatic rings. The number of amides is 2. The van der Waals surface area contributed by atoms with Crippen LogP contribution in [0.5, 0.6) is 0 Å². The third-order valence-electron chi connectivity index (χ3n) is 3.26. The van der Waals surface area contributed by atoms with Gasteiger partial charge in [0, 0.05) is 18.5 Å². The quantitative estimate of drug-likeness (QED) is 0.311. The molecule has 2 amide bonds. The maximum Gasteiger partial charge on any atom is 0.247 e. The average molecular weight is 344 g/mol. The van der Waals surface area contributed by atoms with Crippen molar-refractivity contribution in [3.8, 4) is 0 Å². The van der Waals surface area contributed by atoms with Gasteiger partial charge in [0.15, 0.2) is 5.11 Å². The summed E-state index contributed by atoms with van der Waals surface area (Å²) in [7, 11) is 0. The van der Waals surface area contributed by atoms with Gasteiger partial charge in [-0.15, -0.1) is 0 Å². The number of hydrogen-bond acceptors (Lipinski definition) is 5. The second kappa shape index (κ2) is 8.80. The lowest BCUT2D eigenvalue weighted by atomic mass is 9.90. The summed E-state index contributed by atoms with van der Waals surface area (Å²) in [5.41, 5.74) is 5.23. The van der Waals surface area contributed by atoms with Gasteiger partial charge >= 0.3 is 0 Å². The third kappa shape index (κ3) is 6.51. The zero-order valence-corrected chi connectivity index (χ0v) is 14.0. The molecule has 0 fully saturated rings. The molecule has 1 rings (SSSR count). The van der Waals surface area contributed by atoms with E-state index in [9.17, 15) is 19.8 Å². The molecule has 7 N–H and O–H groups in total. The largest absolute Gasteiger partial charge is 0.390 e. The molecule has 23 heavy (non-hydrogen) atoms. The number of hydrogen-bond donors (Lipinski definition) is 6. The standard InChI is InChI=1S/C14H24N4O4S/c1-7(2)5-17-14(23)18-9-3-8(4-10(19)12(9)21)13(22)16-6-11(15)20/h3,7,9-10,12,19,21H,4-6H2,1-2H3,(H2,15,20)(H,16,22)(H2,17,18,23)/t9-,10-,12-/m1/s1. The van der Waals surface area contributed by atoms with Gasteiger partial charge in [0.05, 0.1) is 18.7 Å². The van der Waals surface area contributed by atoms with Crippen LogP contribution in [0.1, 0.15) is 20.3 Å². The zero-order chi connectivity index (χ0) is 17.6. The van der Waals surface area contributed by atoms with E-state index in [4.69, 9.17) is 18.0 Å². The lowest BCUT2D eigenvalue weighted by Gasteiger charge is -2.31. The van der Waals surface area contributed by atoms with Crippen molar-refractivity contribution in [2.45, 2.75) is 38.5 Å². The zero-order valence-electron chi connectivity index (χ0n) is 13.2. The number of rotatable bonds is 6. The molecular weight excluding hydrogens is 320 g/mol. The summed E-state index contributed by atoms with van der Waals surface area (Å²) >= 11 is 5.13. The Hall–Kier alpha value is -1.71. The van der Waals surface area contributed by atoms with Crippen LogP contribution in [0.4, 0.5) is 0 Å². The normalized spacial score (nSPS) is 23.9. The molecule has 3 atom stereocenters. The van der Waals surface area contributed by atoms with Crippen LogP contribution in [0.25, 0.3) is 0 Å². The van der Waals surface area contributed by atoms with Crippen molar-refractivity contribution in [2.75, 3.05) is 13.1 Å². The first-order valence-electron chi connectivity index (χ1n) is 7.38. The van der Waals surface area contributed by atoms with E-state index in [0.717, 1.165) is 0 Å². The molecule has 8 nitrogen and oxygen atoms in total. The molecule has 0 bridgehead atoms. The molecule has 9 heteroatoms. The minimum Gasteiger partial charge on any atom is -0.390 e. The first-order valence-corrected chi connectivity index (χ1v) is 7.79. The predicted octanol–water partition coefficient (Wildman–Crippen LogP) is -1.87. The first-order chi connectivity index (χ1) is 10.7. The number of nitrogens with one attached hydrogen (secondary N) is 3. The first kappa shape index (κ1) is 19.3. The fraction of sp³-hybridized carbons (Fsp3) is 0.643. The summed E-state index contributed by atoms with van der Waals surface area (Å²) in [4.78, 5) is 22.6. The molecule has 0 aromatic carbocycles. The number of carbonyl (C=O) groups is 2. The van der Waals surface area contributed by atoms with E-state index in [1.54, 1.807) is 0 Å². The topological polar surface area (TPSA) is 137 Å². The fourth-order valence-electron chi connectivity index (χ4n) is 2.04. The van der Waals surface area contributed by atoms with Gasteiger partial charge in [0.2, 0.25) is 11.8 Å².